The second kappa shape index (κ2) is 5.85. The van der Waals surface area contributed by atoms with Crippen LogP contribution in [0.4, 0.5) is 0 Å². The Hall–Kier alpha value is -1.31. The van der Waals surface area contributed by atoms with Crippen LogP contribution in [0.15, 0.2) is 48.5 Å². The standard InChI is InChI=1S/C15H15ClO/c1-17-11-10-12-2-4-13(5-3-12)14-6-8-15(16)9-7-14/h2-9H,10-11H2,1H3. The van der Waals surface area contributed by atoms with Crippen LogP contribution >= 0.6 is 11.6 Å². The van der Waals surface area contributed by atoms with Crippen LogP contribution in [-0.4, -0.2) is 13.7 Å². The Bertz CT molecular complexity index is 459. The highest BCUT2D eigenvalue weighted by Gasteiger charge is 1.98. The number of ether oxygens (including phenoxy) is 1. The van der Waals surface area contributed by atoms with E-state index in [1.54, 1.807) is 7.11 Å². The zero-order chi connectivity index (χ0) is 12.1. The zero-order valence-electron chi connectivity index (χ0n) is 9.82. The highest BCUT2D eigenvalue weighted by Crippen LogP contribution is 2.21. The molecule has 0 N–H and O–H groups in total. The third kappa shape index (κ3) is 3.32. The van der Waals surface area contributed by atoms with Gasteiger partial charge in [0.1, 0.15) is 0 Å². The molecule has 2 heteroatoms. The van der Waals surface area contributed by atoms with Gasteiger partial charge in [-0.1, -0.05) is 48.0 Å². The summed E-state index contributed by atoms with van der Waals surface area (Å²) in [7, 11) is 1.72. The van der Waals surface area contributed by atoms with Crippen molar-refractivity contribution in [1.82, 2.24) is 0 Å². The summed E-state index contributed by atoms with van der Waals surface area (Å²) in [6, 6.07) is 16.4. The molecular weight excluding hydrogens is 232 g/mol. The number of rotatable bonds is 4. The molecule has 0 atom stereocenters. The fourth-order valence-corrected chi connectivity index (χ4v) is 1.85. The lowest BCUT2D eigenvalue weighted by Crippen LogP contribution is -1.93. The lowest BCUT2D eigenvalue weighted by molar-refractivity contribution is 0.202. The number of halogens is 1. The van der Waals surface area contributed by atoms with Gasteiger partial charge in [0.05, 0.1) is 6.61 Å². The molecule has 0 amide bonds. The average Bonchev–Trinajstić information content (AvgIpc) is 2.38. The maximum absolute atomic E-state index is 5.87. The van der Waals surface area contributed by atoms with Gasteiger partial charge in [-0.15, -0.1) is 0 Å². The molecule has 2 aromatic carbocycles. The van der Waals surface area contributed by atoms with Crippen LogP contribution in [0.25, 0.3) is 11.1 Å². The van der Waals surface area contributed by atoms with Gasteiger partial charge in [0, 0.05) is 12.1 Å². The lowest BCUT2D eigenvalue weighted by atomic mass is 10.0. The highest BCUT2D eigenvalue weighted by atomic mass is 35.5. The summed E-state index contributed by atoms with van der Waals surface area (Å²) in [6.07, 6.45) is 0.956. The van der Waals surface area contributed by atoms with E-state index in [4.69, 9.17) is 16.3 Å². The first-order valence-corrected chi connectivity index (χ1v) is 6.01. The second-order valence-electron chi connectivity index (χ2n) is 3.95. The average molecular weight is 247 g/mol. The Balaban J connectivity index is 2.14. The maximum atomic E-state index is 5.87. The summed E-state index contributed by atoms with van der Waals surface area (Å²) in [6.45, 7) is 0.764. The predicted molar refractivity (Wildman–Crippen MR) is 72.5 cm³/mol. The molecule has 0 unspecified atom stereocenters. The summed E-state index contributed by atoms with van der Waals surface area (Å²) < 4.78 is 5.06. The summed E-state index contributed by atoms with van der Waals surface area (Å²) in [5, 5.41) is 0.769. The number of methoxy groups -OCH3 is 1. The molecule has 88 valence electrons. The maximum Gasteiger partial charge on any atom is 0.0502 e. The molecule has 0 aliphatic heterocycles. The van der Waals surface area contributed by atoms with E-state index in [9.17, 15) is 0 Å². The monoisotopic (exact) mass is 246 g/mol. The molecule has 2 rings (SSSR count). The van der Waals surface area contributed by atoms with Gasteiger partial charge in [-0.2, -0.15) is 0 Å². The van der Waals surface area contributed by atoms with Crippen molar-refractivity contribution in [3.63, 3.8) is 0 Å². The predicted octanol–water partition coefficient (Wildman–Crippen LogP) is 4.20. The molecule has 2 aromatic rings. The first kappa shape index (κ1) is 12.2. The number of benzene rings is 2. The quantitative estimate of drug-likeness (QED) is 0.786. The molecule has 0 aliphatic rings. The molecule has 0 heterocycles. The molecule has 0 aromatic heterocycles. The van der Waals surface area contributed by atoms with Crippen molar-refractivity contribution < 1.29 is 4.74 Å². The Labute approximate surface area is 107 Å². The smallest absolute Gasteiger partial charge is 0.0502 e. The van der Waals surface area contributed by atoms with Crippen LogP contribution in [0, 0.1) is 0 Å². The van der Waals surface area contributed by atoms with Crippen molar-refractivity contribution >= 4 is 11.6 Å². The fourth-order valence-electron chi connectivity index (χ4n) is 1.73. The Morgan fingerprint density at radius 3 is 1.94 bits per heavy atom. The van der Waals surface area contributed by atoms with Crippen LogP contribution < -0.4 is 0 Å². The van der Waals surface area contributed by atoms with Gasteiger partial charge in [-0.05, 0) is 35.2 Å². The van der Waals surface area contributed by atoms with Gasteiger partial charge in [0.2, 0.25) is 0 Å². The van der Waals surface area contributed by atoms with E-state index >= 15 is 0 Å². The molecule has 17 heavy (non-hydrogen) atoms. The molecule has 1 nitrogen and oxygen atoms in total. The van der Waals surface area contributed by atoms with Gasteiger partial charge < -0.3 is 4.74 Å². The summed E-state index contributed by atoms with van der Waals surface area (Å²) in [4.78, 5) is 0. The third-order valence-corrected chi connectivity index (χ3v) is 2.98. The van der Waals surface area contributed by atoms with Crippen LogP contribution in [-0.2, 0) is 11.2 Å². The van der Waals surface area contributed by atoms with Crippen molar-refractivity contribution in [2.75, 3.05) is 13.7 Å². The molecular formula is C15H15ClO. The van der Waals surface area contributed by atoms with Gasteiger partial charge in [-0.3, -0.25) is 0 Å². The molecule has 0 spiro atoms. The second-order valence-corrected chi connectivity index (χ2v) is 4.38. The van der Waals surface area contributed by atoms with Gasteiger partial charge in [0.25, 0.3) is 0 Å². The summed E-state index contributed by atoms with van der Waals surface area (Å²) in [5.41, 5.74) is 3.69. The van der Waals surface area contributed by atoms with Crippen LogP contribution in [0.2, 0.25) is 5.02 Å². The van der Waals surface area contributed by atoms with Crippen molar-refractivity contribution in [3.05, 3.63) is 59.1 Å². The van der Waals surface area contributed by atoms with E-state index in [1.165, 1.54) is 16.7 Å². The number of hydrogen-bond donors (Lipinski definition) is 0. The van der Waals surface area contributed by atoms with E-state index in [0.717, 1.165) is 18.1 Å². The van der Waals surface area contributed by atoms with Crippen LogP contribution in [0.5, 0.6) is 0 Å². The van der Waals surface area contributed by atoms with Crippen LogP contribution in [0.3, 0.4) is 0 Å². The minimum Gasteiger partial charge on any atom is -0.384 e. The SMILES string of the molecule is COCCc1ccc(-c2ccc(Cl)cc2)cc1. The Morgan fingerprint density at radius 2 is 1.41 bits per heavy atom. The van der Waals surface area contributed by atoms with E-state index in [1.807, 2.05) is 24.3 Å². The largest absolute Gasteiger partial charge is 0.384 e. The molecule has 0 radical (unpaired) electrons. The normalized spacial score (nSPS) is 10.5. The first-order chi connectivity index (χ1) is 8.29. The molecule has 0 saturated heterocycles. The van der Waals surface area contributed by atoms with Gasteiger partial charge >= 0.3 is 0 Å². The van der Waals surface area contributed by atoms with Crippen molar-refractivity contribution in [1.29, 1.82) is 0 Å². The third-order valence-electron chi connectivity index (χ3n) is 2.73. The summed E-state index contributed by atoms with van der Waals surface area (Å²) in [5.74, 6) is 0. The van der Waals surface area contributed by atoms with Gasteiger partial charge in [-0.25, -0.2) is 0 Å². The Morgan fingerprint density at radius 1 is 0.882 bits per heavy atom. The number of hydrogen-bond acceptors (Lipinski definition) is 1. The van der Waals surface area contributed by atoms with E-state index < -0.39 is 0 Å². The molecule has 0 aliphatic carbocycles. The zero-order valence-corrected chi connectivity index (χ0v) is 10.6. The molecule has 0 saturated carbocycles. The Kier molecular flexibility index (Phi) is 4.18. The first-order valence-electron chi connectivity index (χ1n) is 5.63. The molecule has 0 bridgehead atoms. The lowest BCUT2D eigenvalue weighted by Gasteiger charge is -2.04. The van der Waals surface area contributed by atoms with E-state index in [2.05, 4.69) is 24.3 Å². The van der Waals surface area contributed by atoms with Crippen LogP contribution in [0.1, 0.15) is 5.56 Å². The molecule has 0 fully saturated rings. The highest BCUT2D eigenvalue weighted by molar-refractivity contribution is 6.30. The minimum absolute atomic E-state index is 0.764. The fraction of sp³-hybridized carbons (Fsp3) is 0.200. The van der Waals surface area contributed by atoms with Crippen molar-refractivity contribution in [2.45, 2.75) is 6.42 Å². The van der Waals surface area contributed by atoms with E-state index in [-0.39, 0.29) is 0 Å². The summed E-state index contributed by atoms with van der Waals surface area (Å²) >= 11 is 5.87. The minimum atomic E-state index is 0.764. The van der Waals surface area contributed by atoms with Crippen molar-refractivity contribution in [3.8, 4) is 11.1 Å². The van der Waals surface area contributed by atoms with Crippen molar-refractivity contribution in [2.24, 2.45) is 0 Å². The topological polar surface area (TPSA) is 9.23 Å². The van der Waals surface area contributed by atoms with Gasteiger partial charge in [0.15, 0.2) is 0 Å². The van der Waals surface area contributed by atoms with E-state index in [0.29, 0.717) is 0 Å².